The van der Waals surface area contributed by atoms with E-state index in [1.807, 2.05) is 60.7 Å². The zero-order valence-electron chi connectivity index (χ0n) is 25.4. The maximum absolute atomic E-state index is 14.1. The van der Waals surface area contributed by atoms with E-state index in [1.165, 1.54) is 17.0 Å². The summed E-state index contributed by atoms with van der Waals surface area (Å²) in [5.74, 6) is 0.468. The predicted molar refractivity (Wildman–Crippen MR) is 176 cm³/mol. The van der Waals surface area contributed by atoms with Gasteiger partial charge in [-0.2, -0.15) is 0 Å². The number of carbonyl (C=O) groups is 2. The first-order valence-corrected chi connectivity index (χ1v) is 16.8. The number of nitrogens with zero attached hydrogens (tertiary/aromatic N) is 2. The summed E-state index contributed by atoms with van der Waals surface area (Å²) in [6.07, 6.45) is 4.49. The van der Waals surface area contributed by atoms with Gasteiger partial charge in [0.2, 0.25) is 11.8 Å². The van der Waals surface area contributed by atoms with E-state index in [1.54, 1.807) is 49.4 Å². The van der Waals surface area contributed by atoms with Gasteiger partial charge in [0.1, 0.15) is 24.1 Å². The van der Waals surface area contributed by atoms with Crippen LogP contribution in [0.3, 0.4) is 0 Å². The summed E-state index contributed by atoms with van der Waals surface area (Å²) in [5, 5.41) is 3.10. The molecule has 234 valence electrons. The molecule has 4 aromatic carbocycles. The van der Waals surface area contributed by atoms with Crippen LogP contribution in [0, 0.1) is 0 Å². The van der Waals surface area contributed by atoms with E-state index < -0.39 is 28.5 Å². The van der Waals surface area contributed by atoms with E-state index >= 15 is 0 Å². The molecule has 5 rings (SSSR count). The van der Waals surface area contributed by atoms with Crippen LogP contribution in [0.25, 0.3) is 0 Å². The summed E-state index contributed by atoms with van der Waals surface area (Å²) in [4.78, 5) is 29.1. The second-order valence-electron chi connectivity index (χ2n) is 11.2. The van der Waals surface area contributed by atoms with Crippen LogP contribution in [-0.4, -0.2) is 50.3 Å². The molecule has 2 amide bonds. The number of rotatable bonds is 13. The average Bonchev–Trinajstić information content (AvgIpc) is 3.58. The SMILES string of the molecule is C[C@H](C(=O)NC1CCCC1)N(CCc1ccccc1)C(=O)CN(c1ccc(Oc2ccccc2)cc1)S(=O)(=O)c1ccccc1. The molecule has 0 aliphatic heterocycles. The molecule has 0 bridgehead atoms. The summed E-state index contributed by atoms with van der Waals surface area (Å²) in [6.45, 7) is 1.48. The Labute approximate surface area is 265 Å². The van der Waals surface area contributed by atoms with Gasteiger partial charge in [0.05, 0.1) is 10.6 Å². The fourth-order valence-corrected chi connectivity index (χ4v) is 6.95. The molecule has 9 heteroatoms. The van der Waals surface area contributed by atoms with Gasteiger partial charge in [0.25, 0.3) is 10.0 Å². The van der Waals surface area contributed by atoms with Crippen LogP contribution in [0.5, 0.6) is 11.5 Å². The van der Waals surface area contributed by atoms with Crippen LogP contribution >= 0.6 is 0 Å². The van der Waals surface area contributed by atoms with Gasteiger partial charge in [-0.05, 0) is 80.3 Å². The van der Waals surface area contributed by atoms with E-state index in [0.717, 1.165) is 35.6 Å². The second kappa shape index (κ2) is 14.9. The first-order valence-electron chi connectivity index (χ1n) is 15.4. The number of anilines is 1. The van der Waals surface area contributed by atoms with Gasteiger partial charge in [0, 0.05) is 12.6 Å². The van der Waals surface area contributed by atoms with Crippen molar-refractivity contribution < 1.29 is 22.7 Å². The van der Waals surface area contributed by atoms with Crippen LogP contribution in [0.2, 0.25) is 0 Å². The highest BCUT2D eigenvalue weighted by Gasteiger charge is 2.33. The van der Waals surface area contributed by atoms with E-state index in [-0.39, 0.29) is 23.4 Å². The Balaban J connectivity index is 1.43. The van der Waals surface area contributed by atoms with Gasteiger partial charge < -0.3 is 15.0 Å². The van der Waals surface area contributed by atoms with Crippen LogP contribution in [0.1, 0.15) is 38.2 Å². The Morgan fingerprint density at radius 1 is 0.800 bits per heavy atom. The number of para-hydroxylation sites is 1. The Kier molecular flexibility index (Phi) is 10.5. The largest absolute Gasteiger partial charge is 0.457 e. The maximum Gasteiger partial charge on any atom is 0.264 e. The van der Waals surface area contributed by atoms with Gasteiger partial charge in [-0.1, -0.05) is 79.6 Å². The van der Waals surface area contributed by atoms with Crippen molar-refractivity contribution in [2.45, 2.75) is 56.0 Å². The first kappa shape index (κ1) is 31.8. The summed E-state index contributed by atoms with van der Waals surface area (Å²) in [6, 6.07) is 32.9. The molecule has 1 fully saturated rings. The smallest absolute Gasteiger partial charge is 0.264 e. The third-order valence-corrected chi connectivity index (χ3v) is 9.85. The molecule has 1 aliphatic carbocycles. The van der Waals surface area contributed by atoms with E-state index in [4.69, 9.17) is 4.74 Å². The van der Waals surface area contributed by atoms with Crippen molar-refractivity contribution in [3.8, 4) is 11.5 Å². The van der Waals surface area contributed by atoms with Crippen molar-refractivity contribution in [3.63, 3.8) is 0 Å². The number of benzene rings is 4. The molecule has 0 aromatic heterocycles. The lowest BCUT2D eigenvalue weighted by Crippen LogP contribution is -2.53. The first-order chi connectivity index (χ1) is 21.8. The lowest BCUT2D eigenvalue weighted by Gasteiger charge is -2.32. The van der Waals surface area contributed by atoms with Gasteiger partial charge in [0.15, 0.2) is 0 Å². The topological polar surface area (TPSA) is 96.0 Å². The van der Waals surface area contributed by atoms with E-state index in [0.29, 0.717) is 23.6 Å². The summed E-state index contributed by atoms with van der Waals surface area (Å²) < 4.78 is 35.1. The molecule has 0 radical (unpaired) electrons. The second-order valence-corrected chi connectivity index (χ2v) is 13.1. The van der Waals surface area contributed by atoms with E-state index in [9.17, 15) is 18.0 Å². The highest BCUT2D eigenvalue weighted by Crippen LogP contribution is 2.28. The monoisotopic (exact) mass is 625 g/mol. The minimum Gasteiger partial charge on any atom is -0.457 e. The minimum atomic E-state index is -4.14. The van der Waals surface area contributed by atoms with Crippen molar-refractivity contribution in [2.24, 2.45) is 0 Å². The van der Waals surface area contributed by atoms with Gasteiger partial charge in [-0.25, -0.2) is 8.42 Å². The van der Waals surface area contributed by atoms with Crippen molar-refractivity contribution in [1.82, 2.24) is 10.2 Å². The molecule has 1 aliphatic rings. The zero-order valence-corrected chi connectivity index (χ0v) is 26.2. The maximum atomic E-state index is 14.1. The number of amides is 2. The van der Waals surface area contributed by atoms with Gasteiger partial charge >= 0.3 is 0 Å². The number of carbonyl (C=O) groups excluding carboxylic acids is 2. The van der Waals surface area contributed by atoms with Crippen molar-refractivity contribution in [3.05, 3.63) is 121 Å². The third kappa shape index (κ3) is 8.30. The normalized spacial score (nSPS) is 14.0. The molecular formula is C36H39N3O5S. The lowest BCUT2D eigenvalue weighted by atomic mass is 10.1. The highest BCUT2D eigenvalue weighted by atomic mass is 32.2. The Morgan fingerprint density at radius 3 is 1.98 bits per heavy atom. The molecule has 1 atom stereocenters. The summed E-state index contributed by atoms with van der Waals surface area (Å²) in [7, 11) is -4.14. The molecule has 1 saturated carbocycles. The number of hydrogen-bond acceptors (Lipinski definition) is 5. The molecule has 1 N–H and O–H groups in total. The fraction of sp³-hybridized carbons (Fsp3) is 0.278. The summed E-state index contributed by atoms with van der Waals surface area (Å²) >= 11 is 0. The molecule has 0 unspecified atom stereocenters. The Hall–Kier alpha value is -4.63. The third-order valence-electron chi connectivity index (χ3n) is 8.07. The standard InChI is InChI=1S/C36H39N3O5S/c1-28(36(41)37-30-15-11-12-16-30)38(26-25-29-13-5-2-6-14-29)35(40)27-39(45(42,43)34-19-9-4-10-20-34)31-21-23-33(24-22-31)44-32-17-7-3-8-18-32/h2-10,13-14,17-24,28,30H,11-12,15-16,25-27H2,1H3,(H,37,41)/t28-/m1/s1. The van der Waals surface area contributed by atoms with Gasteiger partial charge in [-0.15, -0.1) is 0 Å². The molecule has 0 saturated heterocycles. The zero-order chi connectivity index (χ0) is 31.6. The predicted octanol–water partition coefficient (Wildman–Crippen LogP) is 6.19. The van der Waals surface area contributed by atoms with Crippen LogP contribution in [-0.2, 0) is 26.0 Å². The van der Waals surface area contributed by atoms with Crippen LogP contribution in [0.15, 0.2) is 120 Å². The van der Waals surface area contributed by atoms with Crippen molar-refractivity contribution in [1.29, 1.82) is 0 Å². The lowest BCUT2D eigenvalue weighted by molar-refractivity contribution is -0.139. The Bertz CT molecular complexity index is 1640. The molecule has 8 nitrogen and oxygen atoms in total. The molecule has 0 heterocycles. The number of sulfonamides is 1. The molecule has 4 aromatic rings. The van der Waals surface area contributed by atoms with E-state index in [2.05, 4.69) is 5.32 Å². The number of hydrogen-bond donors (Lipinski definition) is 1. The number of nitrogens with one attached hydrogen (secondary N) is 1. The van der Waals surface area contributed by atoms with Crippen molar-refractivity contribution in [2.75, 3.05) is 17.4 Å². The molecular weight excluding hydrogens is 586 g/mol. The quantitative estimate of drug-likeness (QED) is 0.191. The average molecular weight is 626 g/mol. The van der Waals surface area contributed by atoms with Crippen LogP contribution in [0.4, 0.5) is 5.69 Å². The summed E-state index contributed by atoms with van der Waals surface area (Å²) in [5.41, 5.74) is 1.32. The minimum absolute atomic E-state index is 0.0604. The Morgan fingerprint density at radius 2 is 1.36 bits per heavy atom. The van der Waals surface area contributed by atoms with Crippen molar-refractivity contribution >= 4 is 27.5 Å². The molecule has 45 heavy (non-hydrogen) atoms. The van der Waals surface area contributed by atoms with Gasteiger partial charge in [-0.3, -0.25) is 13.9 Å². The fourth-order valence-electron chi connectivity index (χ4n) is 5.52. The number of ether oxygens (including phenoxy) is 1. The highest BCUT2D eigenvalue weighted by molar-refractivity contribution is 7.92. The molecule has 0 spiro atoms. The van der Waals surface area contributed by atoms with Crippen LogP contribution < -0.4 is 14.4 Å².